The molecule has 1 rings (SSSR count). The molecule has 0 aromatic carbocycles. The summed E-state index contributed by atoms with van der Waals surface area (Å²) >= 11 is 0. The molecule has 1 aromatic rings. The fourth-order valence-corrected chi connectivity index (χ4v) is 1.40. The number of rotatable bonds is 2. The van der Waals surface area contributed by atoms with E-state index in [1.807, 2.05) is 0 Å². The minimum Gasteiger partial charge on any atom is -0.444 e. The molecule has 9 heteroatoms. The molecule has 116 valence electrons. The Morgan fingerprint density at radius 1 is 1.48 bits per heavy atom. The fraction of sp³-hybridized carbons (Fsp3) is 0.583. The summed E-state index contributed by atoms with van der Waals surface area (Å²) in [4.78, 5) is 11.7. The first-order chi connectivity index (χ1) is 9.45. The van der Waals surface area contributed by atoms with Crippen LogP contribution in [0.3, 0.4) is 0 Å². The second-order valence-corrected chi connectivity index (χ2v) is 5.31. The van der Waals surface area contributed by atoms with Crippen LogP contribution in [0.1, 0.15) is 39.3 Å². The van der Waals surface area contributed by atoms with E-state index < -0.39 is 23.9 Å². The van der Waals surface area contributed by atoms with Gasteiger partial charge >= 0.3 is 12.3 Å². The Morgan fingerprint density at radius 3 is 2.48 bits per heavy atom. The molecular formula is C12H15F3N4O2. The normalized spacial score (nSPS) is 13.4. The number of alkyl halides is 3. The van der Waals surface area contributed by atoms with Gasteiger partial charge in [0.1, 0.15) is 23.3 Å². The van der Waals surface area contributed by atoms with Gasteiger partial charge in [0.15, 0.2) is 5.82 Å². The zero-order valence-corrected chi connectivity index (χ0v) is 11.9. The number of carbonyl (C=O) groups is 1. The van der Waals surface area contributed by atoms with Crippen LogP contribution in [0.25, 0.3) is 0 Å². The van der Waals surface area contributed by atoms with Crippen molar-refractivity contribution in [2.75, 3.05) is 5.32 Å². The van der Waals surface area contributed by atoms with Crippen molar-refractivity contribution in [3.63, 3.8) is 0 Å². The Hall–Kier alpha value is -2.24. The number of halogens is 3. The molecule has 0 bridgehead atoms. The number of nitrogens with zero attached hydrogens (tertiary/aromatic N) is 3. The van der Waals surface area contributed by atoms with Gasteiger partial charge in [-0.2, -0.15) is 23.5 Å². The number of ether oxygens (including phenoxy) is 1. The Bertz CT molecular complexity index is 567. The van der Waals surface area contributed by atoms with Gasteiger partial charge in [0.05, 0.1) is 6.20 Å². The Balaban J connectivity index is 3.09. The highest BCUT2D eigenvalue weighted by Gasteiger charge is 2.40. The van der Waals surface area contributed by atoms with Crippen molar-refractivity contribution in [2.24, 2.45) is 0 Å². The minimum atomic E-state index is -4.57. The predicted molar refractivity (Wildman–Crippen MR) is 67.6 cm³/mol. The van der Waals surface area contributed by atoms with Gasteiger partial charge in [-0.15, -0.1) is 0 Å². The van der Waals surface area contributed by atoms with Gasteiger partial charge in [-0.1, -0.05) is 0 Å². The van der Waals surface area contributed by atoms with Crippen molar-refractivity contribution in [1.29, 1.82) is 5.26 Å². The summed E-state index contributed by atoms with van der Waals surface area (Å²) in [5.41, 5.74) is -1.01. The van der Waals surface area contributed by atoms with Crippen LogP contribution in [0.2, 0.25) is 0 Å². The molecule has 0 spiro atoms. The third-order valence-electron chi connectivity index (χ3n) is 2.38. The highest BCUT2D eigenvalue weighted by atomic mass is 19.4. The molecule has 1 atom stereocenters. The molecule has 1 aromatic heterocycles. The second-order valence-electron chi connectivity index (χ2n) is 5.31. The minimum absolute atomic E-state index is 0.183. The Morgan fingerprint density at radius 2 is 2.05 bits per heavy atom. The van der Waals surface area contributed by atoms with Crippen LogP contribution in [0.5, 0.6) is 0 Å². The number of anilines is 1. The van der Waals surface area contributed by atoms with Crippen LogP contribution in [-0.2, 0) is 4.74 Å². The quantitative estimate of drug-likeness (QED) is 0.909. The molecule has 0 saturated carbocycles. The van der Waals surface area contributed by atoms with E-state index in [-0.39, 0.29) is 11.4 Å². The number of nitrogens with one attached hydrogen (secondary N) is 1. The average molecular weight is 304 g/mol. The van der Waals surface area contributed by atoms with Crippen LogP contribution >= 0.6 is 0 Å². The van der Waals surface area contributed by atoms with Crippen molar-refractivity contribution in [3.05, 3.63) is 11.8 Å². The van der Waals surface area contributed by atoms with E-state index in [1.165, 1.54) is 0 Å². The van der Waals surface area contributed by atoms with E-state index in [1.54, 1.807) is 26.8 Å². The summed E-state index contributed by atoms with van der Waals surface area (Å²) < 4.78 is 43.7. The zero-order valence-electron chi connectivity index (χ0n) is 11.9. The van der Waals surface area contributed by atoms with Gasteiger partial charge in [0, 0.05) is 0 Å². The van der Waals surface area contributed by atoms with Gasteiger partial charge in [0.2, 0.25) is 0 Å². The van der Waals surface area contributed by atoms with E-state index in [4.69, 9.17) is 10.00 Å². The van der Waals surface area contributed by atoms with Crippen molar-refractivity contribution in [2.45, 2.75) is 45.5 Å². The lowest BCUT2D eigenvalue weighted by Crippen LogP contribution is -2.30. The van der Waals surface area contributed by atoms with Gasteiger partial charge in [-0.25, -0.2) is 9.48 Å². The molecule has 1 heterocycles. The van der Waals surface area contributed by atoms with Crippen molar-refractivity contribution < 1.29 is 22.7 Å². The molecule has 6 nitrogen and oxygen atoms in total. The lowest BCUT2D eigenvalue weighted by atomic mass is 10.2. The number of aromatic nitrogens is 2. The lowest BCUT2D eigenvalue weighted by molar-refractivity contribution is -0.164. The van der Waals surface area contributed by atoms with E-state index in [0.717, 1.165) is 13.1 Å². The molecule has 0 fully saturated rings. The summed E-state index contributed by atoms with van der Waals surface area (Å²) in [7, 11) is 0. The summed E-state index contributed by atoms with van der Waals surface area (Å²) in [6.45, 7) is 5.68. The molecule has 0 aliphatic heterocycles. The van der Waals surface area contributed by atoms with Crippen LogP contribution in [0.4, 0.5) is 23.8 Å². The first-order valence-corrected chi connectivity index (χ1v) is 6.00. The topological polar surface area (TPSA) is 79.9 Å². The highest BCUT2D eigenvalue weighted by molar-refractivity contribution is 5.85. The van der Waals surface area contributed by atoms with E-state index >= 15 is 0 Å². The Kier molecular flexibility index (Phi) is 4.51. The molecule has 0 aliphatic carbocycles. The van der Waals surface area contributed by atoms with Gasteiger partial charge in [0.25, 0.3) is 0 Å². The predicted octanol–water partition coefficient (Wildman–Crippen LogP) is 3.23. The van der Waals surface area contributed by atoms with E-state index in [0.29, 0.717) is 4.68 Å². The highest BCUT2D eigenvalue weighted by Crippen LogP contribution is 2.32. The maximum absolute atomic E-state index is 12.7. The second kappa shape index (κ2) is 5.63. The molecule has 21 heavy (non-hydrogen) atoms. The van der Waals surface area contributed by atoms with Gasteiger partial charge in [-0.3, -0.25) is 5.32 Å². The number of hydrogen-bond acceptors (Lipinski definition) is 4. The first-order valence-electron chi connectivity index (χ1n) is 6.00. The summed E-state index contributed by atoms with van der Waals surface area (Å²) in [5.74, 6) is -0.350. The molecule has 0 radical (unpaired) electrons. The molecule has 0 aliphatic rings. The van der Waals surface area contributed by atoms with Gasteiger partial charge in [-0.05, 0) is 27.7 Å². The number of nitriles is 1. The maximum atomic E-state index is 12.7. The Labute approximate surface area is 119 Å². The first kappa shape index (κ1) is 16.8. The molecular weight excluding hydrogens is 289 g/mol. The molecule has 1 amide bonds. The van der Waals surface area contributed by atoms with E-state index in [9.17, 15) is 18.0 Å². The zero-order chi connectivity index (χ0) is 16.4. The fourth-order valence-electron chi connectivity index (χ4n) is 1.40. The van der Waals surface area contributed by atoms with Crippen LogP contribution in [-0.4, -0.2) is 27.7 Å². The molecule has 1 N–H and O–H groups in total. The average Bonchev–Trinajstić information content (AvgIpc) is 2.66. The van der Waals surface area contributed by atoms with Crippen LogP contribution in [0.15, 0.2) is 6.20 Å². The number of amides is 1. The standard InChI is InChI=1S/C12H15F3N4O2/c1-7(12(13,14)15)19-9(8(5-16)6-17-19)18-10(20)21-11(2,3)4/h6-7H,1-4H3,(H,18,20). The number of carbonyl (C=O) groups excluding carboxylic acids is 1. The third-order valence-corrected chi connectivity index (χ3v) is 2.38. The van der Waals surface area contributed by atoms with Crippen molar-refractivity contribution in [3.8, 4) is 6.07 Å². The van der Waals surface area contributed by atoms with Crippen LogP contribution < -0.4 is 5.32 Å². The smallest absolute Gasteiger partial charge is 0.413 e. The van der Waals surface area contributed by atoms with E-state index in [2.05, 4.69) is 10.4 Å². The largest absolute Gasteiger partial charge is 0.444 e. The summed E-state index contributed by atoms with van der Waals surface area (Å²) in [5, 5.41) is 14.5. The molecule has 0 saturated heterocycles. The lowest BCUT2D eigenvalue weighted by Gasteiger charge is -2.22. The maximum Gasteiger partial charge on any atom is 0.413 e. The SMILES string of the molecule is CC(n1ncc(C#N)c1NC(=O)OC(C)(C)C)C(F)(F)F. The van der Waals surface area contributed by atoms with Crippen molar-refractivity contribution >= 4 is 11.9 Å². The van der Waals surface area contributed by atoms with Crippen LogP contribution in [0, 0.1) is 11.3 Å². The summed E-state index contributed by atoms with van der Waals surface area (Å²) in [6, 6.07) is -0.326. The monoisotopic (exact) mass is 304 g/mol. The molecule has 1 unspecified atom stereocenters. The van der Waals surface area contributed by atoms with Gasteiger partial charge < -0.3 is 4.74 Å². The third kappa shape index (κ3) is 4.37. The summed E-state index contributed by atoms with van der Waals surface area (Å²) in [6.07, 6.45) is -4.58. The van der Waals surface area contributed by atoms with Crippen molar-refractivity contribution in [1.82, 2.24) is 9.78 Å². The number of hydrogen-bond donors (Lipinski definition) is 1.